The van der Waals surface area contributed by atoms with Gasteiger partial charge in [-0.1, -0.05) is 32.0 Å². The predicted octanol–water partition coefficient (Wildman–Crippen LogP) is 4.61. The van der Waals surface area contributed by atoms with E-state index in [4.69, 9.17) is 14.2 Å². The van der Waals surface area contributed by atoms with Gasteiger partial charge in [0.05, 0.1) is 37.9 Å². The minimum atomic E-state index is -4.55. The maximum Gasteiger partial charge on any atom is 0.473 e. The van der Waals surface area contributed by atoms with Gasteiger partial charge in [0.25, 0.3) is 5.91 Å². The largest absolute Gasteiger partial charge is 0.473 e. The quantitative estimate of drug-likeness (QED) is 0.188. The van der Waals surface area contributed by atoms with Crippen molar-refractivity contribution in [1.29, 1.82) is 5.26 Å². The molecule has 0 aliphatic carbocycles. The van der Waals surface area contributed by atoms with Crippen molar-refractivity contribution in [2.24, 2.45) is 0 Å². The van der Waals surface area contributed by atoms with Gasteiger partial charge in [-0.05, 0) is 30.7 Å². The van der Waals surface area contributed by atoms with Gasteiger partial charge in [0.15, 0.2) is 11.9 Å². The smallest absolute Gasteiger partial charge is 0.459 e. The summed E-state index contributed by atoms with van der Waals surface area (Å²) in [5, 5.41) is 15.0. The van der Waals surface area contributed by atoms with Crippen molar-refractivity contribution in [2.75, 3.05) is 30.8 Å². The highest BCUT2D eigenvalue weighted by Gasteiger charge is 2.33. The second kappa shape index (κ2) is 13.9. The number of benzene rings is 1. The average Bonchev–Trinajstić information content (AvgIpc) is 3.17. The number of phosphoric acid groups is 1. The molecule has 2 aromatic heterocycles. The lowest BCUT2D eigenvalue weighted by Gasteiger charge is -2.17. The van der Waals surface area contributed by atoms with Crippen LogP contribution >= 0.6 is 7.82 Å². The second-order valence-electron chi connectivity index (χ2n) is 8.51. The Labute approximate surface area is 232 Å². The number of likely N-dealkylation sites (N-methyl/N-ethyl adjacent to an activating group) is 1. The van der Waals surface area contributed by atoms with Crippen LogP contribution in [0.5, 0.6) is 0 Å². The third-order valence-corrected chi connectivity index (χ3v) is 6.80. The minimum absolute atomic E-state index is 0.105. The van der Waals surface area contributed by atoms with E-state index in [1.54, 1.807) is 25.3 Å². The number of para-hydroxylation sites is 1. The van der Waals surface area contributed by atoms with Crippen molar-refractivity contribution in [2.45, 2.75) is 39.8 Å². The topological polar surface area (TPSA) is 167 Å². The molecule has 0 saturated heterocycles. The van der Waals surface area contributed by atoms with E-state index in [1.165, 1.54) is 17.2 Å². The lowest BCUT2D eigenvalue weighted by molar-refractivity contribution is -0.125. The van der Waals surface area contributed by atoms with Gasteiger partial charge in [-0.25, -0.2) is 9.55 Å². The van der Waals surface area contributed by atoms with Crippen LogP contribution in [0, 0.1) is 18.3 Å². The second-order valence-corrected chi connectivity index (χ2v) is 9.92. The van der Waals surface area contributed by atoms with Gasteiger partial charge in [-0.3, -0.25) is 18.6 Å². The summed E-state index contributed by atoms with van der Waals surface area (Å²) in [5.41, 5.74) is 2.77. The summed E-state index contributed by atoms with van der Waals surface area (Å²) < 4.78 is 27.6. The average molecular weight is 570 g/mol. The summed E-state index contributed by atoms with van der Waals surface area (Å²) in [4.78, 5) is 40.7. The van der Waals surface area contributed by atoms with E-state index in [-0.39, 0.29) is 31.3 Å². The van der Waals surface area contributed by atoms with Crippen molar-refractivity contribution >= 4 is 48.2 Å². The van der Waals surface area contributed by atoms with Gasteiger partial charge < -0.3 is 24.8 Å². The van der Waals surface area contributed by atoms with E-state index < -0.39 is 19.8 Å². The molecule has 3 heterocycles. The summed E-state index contributed by atoms with van der Waals surface area (Å²) in [6.45, 7) is 5.81. The van der Waals surface area contributed by atoms with E-state index in [1.807, 2.05) is 45.0 Å². The summed E-state index contributed by atoms with van der Waals surface area (Å²) in [7, 11) is -2.88. The fourth-order valence-electron chi connectivity index (χ4n) is 3.75. The van der Waals surface area contributed by atoms with Crippen molar-refractivity contribution in [3.63, 3.8) is 0 Å². The molecule has 2 amide bonds. The molecule has 4 rings (SSSR count). The maximum absolute atomic E-state index is 12.7. The normalized spacial score (nSPS) is 16.0. The number of anilines is 2. The van der Waals surface area contributed by atoms with E-state index in [0.29, 0.717) is 23.6 Å². The molecule has 13 heteroatoms. The standard InChI is InChI=1S/C25H26N5O7P.C2H6/c1-16-18-6-3-4-7-20(18)36-22(16)15-30(2)23(31)9-8-17-12-19-24(28-13-17)29-25(32)21(14-27-19)37-38(33,34)35-11-5-10-26;1-2/h3-4,6-9,12-13,21,27H,5,11,14-15H2,1-2H3,(H,33,34)(H,28,29,32);1-2H3/b9-8+;/t21-;/m1./s1. The van der Waals surface area contributed by atoms with Gasteiger partial charge in [0, 0.05) is 30.3 Å². The molecule has 1 unspecified atom stereocenters. The fraction of sp³-hybridized carbons (Fsp3) is 0.333. The molecule has 40 heavy (non-hydrogen) atoms. The zero-order chi connectivity index (χ0) is 29.3. The minimum Gasteiger partial charge on any atom is -0.459 e. The molecular formula is C27H32N5O7P. The number of nitriles is 1. The van der Waals surface area contributed by atoms with Crippen molar-refractivity contribution in [3.8, 4) is 6.07 Å². The van der Waals surface area contributed by atoms with E-state index in [9.17, 15) is 19.0 Å². The van der Waals surface area contributed by atoms with Gasteiger partial charge in [0.2, 0.25) is 5.91 Å². The molecule has 3 N–H and O–H groups in total. The Kier molecular flexibility index (Phi) is 10.6. The third-order valence-electron chi connectivity index (χ3n) is 5.77. The summed E-state index contributed by atoms with van der Waals surface area (Å²) in [6.07, 6.45) is 3.01. The van der Waals surface area contributed by atoms with Crippen LogP contribution in [0.1, 0.15) is 37.2 Å². The molecule has 3 aromatic rings. The Morgan fingerprint density at radius 3 is 2.85 bits per heavy atom. The Morgan fingerprint density at radius 1 is 1.38 bits per heavy atom. The molecule has 212 valence electrons. The number of aryl methyl sites for hydroxylation is 1. The lowest BCUT2D eigenvalue weighted by Crippen LogP contribution is -2.33. The number of nitrogens with one attached hydrogen (secondary N) is 2. The lowest BCUT2D eigenvalue weighted by atomic mass is 10.1. The highest BCUT2D eigenvalue weighted by molar-refractivity contribution is 7.47. The van der Waals surface area contributed by atoms with Gasteiger partial charge >= 0.3 is 7.82 Å². The van der Waals surface area contributed by atoms with Crippen LogP contribution in [0.25, 0.3) is 17.0 Å². The number of carbonyl (C=O) groups is 2. The SMILES string of the molecule is CC.Cc1c(CN(C)C(=O)/C=C/c2cnc3c(c2)NC[C@@H](OP(=O)(O)OCCC#N)C(=O)N3)oc2ccccc12. The Balaban J connectivity index is 0.00000216. The van der Waals surface area contributed by atoms with Crippen molar-refractivity contribution in [1.82, 2.24) is 9.88 Å². The summed E-state index contributed by atoms with van der Waals surface area (Å²) in [6, 6.07) is 11.1. The molecule has 0 bridgehead atoms. The predicted molar refractivity (Wildman–Crippen MR) is 150 cm³/mol. The Bertz CT molecular complexity index is 1480. The number of rotatable bonds is 9. The first-order chi connectivity index (χ1) is 19.2. The summed E-state index contributed by atoms with van der Waals surface area (Å²) in [5.74, 6) is -0.0329. The molecule has 0 radical (unpaired) electrons. The molecule has 1 aromatic carbocycles. The number of amides is 2. The number of pyridine rings is 1. The number of furan rings is 1. The van der Waals surface area contributed by atoms with Gasteiger partial charge in [0.1, 0.15) is 11.3 Å². The van der Waals surface area contributed by atoms with Crippen molar-refractivity contribution in [3.05, 3.63) is 59.5 Å². The van der Waals surface area contributed by atoms with Crippen LogP contribution in [-0.4, -0.2) is 52.9 Å². The number of phosphoric ester groups is 1. The molecule has 0 saturated carbocycles. The Morgan fingerprint density at radius 2 is 2.12 bits per heavy atom. The van der Waals surface area contributed by atoms with Gasteiger partial charge in [-0.15, -0.1) is 0 Å². The summed E-state index contributed by atoms with van der Waals surface area (Å²) >= 11 is 0. The molecular weight excluding hydrogens is 537 g/mol. The number of aromatic nitrogens is 1. The molecule has 0 fully saturated rings. The van der Waals surface area contributed by atoms with Crippen molar-refractivity contribution < 1.29 is 32.5 Å². The van der Waals surface area contributed by atoms with Crippen LogP contribution < -0.4 is 10.6 Å². The molecule has 0 spiro atoms. The first-order valence-corrected chi connectivity index (χ1v) is 14.1. The molecule has 2 atom stereocenters. The van der Waals surface area contributed by atoms with Crippen LogP contribution in [0.3, 0.4) is 0 Å². The van der Waals surface area contributed by atoms with Gasteiger partial charge in [-0.2, -0.15) is 5.26 Å². The van der Waals surface area contributed by atoms with Crippen LogP contribution in [0.15, 0.2) is 47.0 Å². The highest BCUT2D eigenvalue weighted by atomic mass is 31.2. The number of nitrogens with zero attached hydrogens (tertiary/aromatic N) is 3. The van der Waals surface area contributed by atoms with Crippen LogP contribution in [0.4, 0.5) is 11.5 Å². The zero-order valence-electron chi connectivity index (χ0n) is 22.7. The van der Waals surface area contributed by atoms with E-state index >= 15 is 0 Å². The number of hydrogen-bond acceptors (Lipinski definition) is 9. The molecule has 12 nitrogen and oxygen atoms in total. The fourth-order valence-corrected chi connectivity index (χ4v) is 4.62. The maximum atomic E-state index is 12.7. The molecule has 1 aliphatic heterocycles. The van der Waals surface area contributed by atoms with E-state index in [0.717, 1.165) is 16.5 Å². The number of fused-ring (bicyclic) bond motifs is 2. The highest BCUT2D eigenvalue weighted by Crippen LogP contribution is 2.45. The Hall–Kier alpha value is -4.01. The zero-order valence-corrected chi connectivity index (χ0v) is 23.6. The van der Waals surface area contributed by atoms with Crippen LogP contribution in [-0.2, 0) is 29.7 Å². The molecule has 1 aliphatic rings. The monoisotopic (exact) mass is 569 g/mol. The first-order valence-electron chi connectivity index (χ1n) is 12.6. The van der Waals surface area contributed by atoms with E-state index in [2.05, 4.69) is 20.1 Å². The first kappa shape index (κ1) is 30.5. The number of hydrogen-bond donors (Lipinski definition) is 3. The third kappa shape index (κ3) is 7.77. The van der Waals surface area contributed by atoms with Crippen LogP contribution in [0.2, 0.25) is 0 Å². The number of carbonyl (C=O) groups excluding carboxylic acids is 2.